The quantitative estimate of drug-likeness (QED) is 0.0174. The Morgan fingerprint density at radius 1 is 0.581 bits per heavy atom. The third kappa shape index (κ3) is 25.1. The first-order valence-corrected chi connectivity index (χ1v) is 24.5. The van der Waals surface area contributed by atoms with E-state index in [1.165, 1.54) is 49.9 Å². The Balaban J connectivity index is 3.39. The second-order valence-corrected chi connectivity index (χ2v) is 18.3. The van der Waals surface area contributed by atoms with Gasteiger partial charge in [0, 0.05) is 13.0 Å². The molecule has 1 aromatic rings. The number of phenols is 1. The largest absolute Gasteiger partial charge is 0.508 e. The van der Waals surface area contributed by atoms with Gasteiger partial charge in [-0.3, -0.25) is 57.7 Å². The molecule has 1 rings (SSSR count). The predicted molar refractivity (Wildman–Crippen MR) is 267 cm³/mol. The predicted octanol–water partition coefficient (Wildman–Crippen LogP) is -5.93. The number of nitrogens with two attached hydrogens (primary N) is 4. The van der Waals surface area contributed by atoms with Gasteiger partial charge in [0.15, 0.2) is 5.96 Å². The van der Waals surface area contributed by atoms with Gasteiger partial charge in [0.25, 0.3) is 0 Å². The topological polar surface area (TPSA) is 490 Å². The third-order valence-corrected chi connectivity index (χ3v) is 11.1. The number of carbonyl (C=O) groups excluding carboxylic acids is 10. The van der Waals surface area contributed by atoms with E-state index in [-0.39, 0.29) is 50.5 Å². The molecule has 0 fully saturated rings. The minimum Gasteiger partial charge on any atom is -0.508 e. The highest BCUT2D eigenvalue weighted by molar-refractivity contribution is 7.98. The van der Waals surface area contributed by atoms with Crippen molar-refractivity contribution in [2.75, 3.05) is 38.2 Å². The van der Waals surface area contributed by atoms with Crippen molar-refractivity contribution >= 4 is 88.7 Å². The average Bonchev–Trinajstić information content (AvgIpc) is 3.31. The number of aliphatic carboxylic acids is 2. The van der Waals surface area contributed by atoms with Crippen LogP contribution in [0, 0.1) is 11.8 Å². The van der Waals surface area contributed by atoms with Gasteiger partial charge < -0.3 is 86.1 Å². The second-order valence-electron chi connectivity index (χ2n) is 17.3. The van der Waals surface area contributed by atoms with Crippen LogP contribution in [0.15, 0.2) is 29.3 Å². The number of aromatic hydroxyl groups is 1. The lowest BCUT2D eigenvalue weighted by Gasteiger charge is -2.29. The van der Waals surface area contributed by atoms with Gasteiger partial charge in [0.05, 0.1) is 32.5 Å². The number of hydrogen-bond donors (Lipinski definition) is 16. The molecular formula is C44H70N14O15S. The normalized spacial score (nSPS) is 13.7. The maximum absolute atomic E-state index is 14.1. The molecule has 0 heterocycles. The highest BCUT2D eigenvalue weighted by atomic mass is 32.2. The Morgan fingerprint density at radius 2 is 1.07 bits per heavy atom. The van der Waals surface area contributed by atoms with E-state index in [4.69, 9.17) is 22.9 Å². The van der Waals surface area contributed by atoms with Crippen molar-refractivity contribution in [1.82, 2.24) is 47.9 Å². The molecule has 0 aliphatic carbocycles. The monoisotopic (exact) mass is 1070 g/mol. The van der Waals surface area contributed by atoms with E-state index < -0.39 is 151 Å². The smallest absolute Gasteiger partial charge is 0.326 e. The van der Waals surface area contributed by atoms with Crippen LogP contribution in [-0.4, -0.2) is 173 Å². The molecule has 0 unspecified atom stereocenters. The maximum atomic E-state index is 14.1. The number of aliphatic imine (C=N–C) groups is 1. The summed E-state index contributed by atoms with van der Waals surface area (Å²) in [5.41, 5.74) is 21.5. The van der Waals surface area contributed by atoms with Crippen LogP contribution in [0.2, 0.25) is 0 Å². The lowest BCUT2D eigenvalue weighted by atomic mass is 9.99. The minimum absolute atomic E-state index is 0.0672. The molecule has 74 heavy (non-hydrogen) atoms. The molecule has 0 radical (unpaired) electrons. The summed E-state index contributed by atoms with van der Waals surface area (Å²) < 4.78 is 0. The van der Waals surface area contributed by atoms with Gasteiger partial charge in [-0.15, -0.1) is 0 Å². The first-order valence-electron chi connectivity index (χ1n) is 23.1. The average molecular weight is 1070 g/mol. The number of carboxylic acids is 2. The summed E-state index contributed by atoms with van der Waals surface area (Å²) in [4.78, 5) is 159. The fourth-order valence-electron chi connectivity index (χ4n) is 6.54. The van der Waals surface area contributed by atoms with Crippen LogP contribution >= 0.6 is 11.8 Å². The summed E-state index contributed by atoms with van der Waals surface area (Å²) >= 11 is 1.36. The molecular weight excluding hydrogens is 997 g/mol. The van der Waals surface area contributed by atoms with E-state index in [0.29, 0.717) is 11.3 Å². The van der Waals surface area contributed by atoms with Gasteiger partial charge in [-0.1, -0.05) is 39.8 Å². The third-order valence-electron chi connectivity index (χ3n) is 10.4. The van der Waals surface area contributed by atoms with Crippen molar-refractivity contribution in [3.05, 3.63) is 29.8 Å². The zero-order valence-corrected chi connectivity index (χ0v) is 42.5. The molecule has 29 nitrogen and oxygen atoms in total. The van der Waals surface area contributed by atoms with E-state index in [2.05, 4.69) is 52.8 Å². The van der Waals surface area contributed by atoms with Crippen molar-refractivity contribution in [1.29, 1.82) is 0 Å². The number of hydrogen-bond acceptors (Lipinski definition) is 16. The summed E-state index contributed by atoms with van der Waals surface area (Å²) in [5, 5.41) is 50.4. The molecule has 1 aromatic carbocycles. The van der Waals surface area contributed by atoms with E-state index in [1.54, 1.807) is 20.1 Å². The summed E-state index contributed by atoms with van der Waals surface area (Å²) in [7, 11) is 0. The van der Waals surface area contributed by atoms with Crippen LogP contribution < -0.4 is 70.8 Å². The van der Waals surface area contributed by atoms with E-state index in [9.17, 15) is 72.9 Å². The zero-order valence-electron chi connectivity index (χ0n) is 41.7. The van der Waals surface area contributed by atoms with Gasteiger partial charge >= 0.3 is 11.9 Å². The van der Waals surface area contributed by atoms with Crippen LogP contribution in [0.5, 0.6) is 5.75 Å². The molecule has 0 aliphatic rings. The molecule has 0 spiro atoms. The van der Waals surface area contributed by atoms with Crippen molar-refractivity contribution in [3.8, 4) is 5.75 Å². The van der Waals surface area contributed by atoms with E-state index in [0.717, 1.165) is 0 Å². The standard InChI is InChI=1S/C44H70N14O15S/c1-21(2)35(57-38(67)25(12-14-74-5)52-32(62)19-50-31(61)18-45)42(71)56-29(17-34(64)65)40(69)58-36(22(3)4)41(70)55-27(15-23-8-10-24(59)11-9-23)39(68)54-28(16-30(46)60)37(66)51-20-33(63)53-26(43(72)73)7-6-13-49-44(47)48/h8-11,21-22,25-29,35-36,59H,6-7,12-20,45H2,1-5H3,(H2,46,60)(H,50,61)(H,51,66)(H,52,62)(H,53,63)(H,54,68)(H,55,70)(H,56,71)(H,57,67)(H,58,69)(H,64,65)(H,72,73)(H4,47,48,49)/t25-,26-,27-,28-,29-,35-,36-/m0/s1. The molecule has 30 heteroatoms. The first-order chi connectivity index (χ1) is 34.7. The Bertz CT molecular complexity index is 2180. The minimum atomic E-state index is -1.86. The molecule has 20 N–H and O–H groups in total. The SMILES string of the molecule is CSCC[C@H](NC(=O)CNC(=O)CN)C(=O)N[C@H](C(=O)N[C@@H](CC(=O)O)C(=O)N[C@H](C(=O)N[C@@H](Cc1ccc(O)cc1)C(=O)N[C@@H](CC(N)=O)C(=O)NCC(=O)N[C@@H](CCCN=C(N)N)C(=O)O)C(C)C)C(C)C. The van der Waals surface area contributed by atoms with Crippen LogP contribution in [0.25, 0.3) is 0 Å². The molecule has 0 saturated heterocycles. The summed E-state index contributed by atoms with van der Waals surface area (Å²) in [6.45, 7) is 4.43. The Labute approximate surface area is 430 Å². The van der Waals surface area contributed by atoms with Crippen LogP contribution in [0.1, 0.15) is 65.4 Å². The maximum Gasteiger partial charge on any atom is 0.326 e. The zero-order chi connectivity index (χ0) is 56.2. The number of thioether (sulfide) groups is 1. The fourth-order valence-corrected chi connectivity index (χ4v) is 7.01. The van der Waals surface area contributed by atoms with Crippen LogP contribution in [-0.2, 0) is 64.0 Å². The highest BCUT2D eigenvalue weighted by Gasteiger charge is 2.36. The van der Waals surface area contributed by atoms with Gasteiger partial charge in [0.1, 0.15) is 48.0 Å². The first kappa shape index (κ1) is 64.3. The molecule has 7 atom stereocenters. The number of primary amides is 1. The molecule has 0 aromatic heterocycles. The van der Waals surface area contributed by atoms with Gasteiger partial charge in [-0.05, 0) is 60.8 Å². The van der Waals surface area contributed by atoms with Gasteiger partial charge in [-0.2, -0.15) is 11.8 Å². The van der Waals surface area contributed by atoms with Crippen molar-refractivity contribution < 1.29 is 72.9 Å². The van der Waals surface area contributed by atoms with Crippen molar-refractivity contribution in [2.45, 2.75) is 109 Å². The molecule has 0 aliphatic heterocycles. The number of phenolic OH excluding ortho intramolecular Hbond substituents is 1. The van der Waals surface area contributed by atoms with E-state index >= 15 is 0 Å². The number of amides is 10. The van der Waals surface area contributed by atoms with Gasteiger partial charge in [-0.25, -0.2) is 4.79 Å². The van der Waals surface area contributed by atoms with Crippen molar-refractivity contribution in [2.24, 2.45) is 39.8 Å². The number of guanidine groups is 1. The van der Waals surface area contributed by atoms with Gasteiger partial charge in [0.2, 0.25) is 59.1 Å². The number of carboxylic acid groups (broad SMARTS) is 2. The lowest BCUT2D eigenvalue weighted by Crippen LogP contribution is -2.61. The van der Waals surface area contributed by atoms with Crippen LogP contribution in [0.3, 0.4) is 0 Å². The second kappa shape index (κ2) is 33.1. The fraction of sp³-hybridized carbons (Fsp3) is 0.568. The van der Waals surface area contributed by atoms with Crippen molar-refractivity contribution in [3.63, 3.8) is 0 Å². The summed E-state index contributed by atoms with van der Waals surface area (Å²) in [6, 6.07) is -5.43. The number of nitrogens with one attached hydrogen (secondary N) is 9. The Morgan fingerprint density at radius 3 is 1.55 bits per heavy atom. The molecule has 412 valence electrons. The Kier molecular flexibility index (Phi) is 28.7. The Hall–Kier alpha value is -7.76. The lowest BCUT2D eigenvalue weighted by molar-refractivity contribution is -0.142. The number of rotatable bonds is 34. The number of benzene rings is 1. The van der Waals surface area contributed by atoms with E-state index in [1.807, 2.05) is 0 Å². The number of carbonyl (C=O) groups is 12. The molecule has 0 saturated carbocycles. The summed E-state index contributed by atoms with van der Waals surface area (Å²) in [6.07, 6.45) is -0.245. The summed E-state index contributed by atoms with van der Waals surface area (Å²) in [5.74, 6) is -14.0. The van der Waals surface area contributed by atoms with Crippen LogP contribution in [0.4, 0.5) is 0 Å². The molecule has 0 bridgehead atoms. The highest BCUT2D eigenvalue weighted by Crippen LogP contribution is 2.14. The number of nitrogens with zero attached hydrogens (tertiary/aromatic N) is 1. The molecule has 10 amide bonds.